The number of nitro benzene ring substituents is 1. The molecular weight excluding hydrogens is 327 g/mol. The van der Waals surface area contributed by atoms with Gasteiger partial charge in [-0.25, -0.2) is 4.39 Å². The quantitative estimate of drug-likeness (QED) is 0.600. The number of nitrogens with zero attached hydrogens (tertiary/aromatic N) is 1. The minimum atomic E-state index is -0.690. The number of nitro groups is 1. The second kappa shape index (κ2) is 8.23. The third kappa shape index (κ3) is 4.76. The van der Waals surface area contributed by atoms with Crippen molar-refractivity contribution >= 4 is 17.3 Å². The third-order valence-electron chi connectivity index (χ3n) is 3.86. The van der Waals surface area contributed by atoms with Gasteiger partial charge in [-0.3, -0.25) is 14.9 Å². The minimum Gasteiger partial charge on any atom is -0.477 e. The first kappa shape index (κ1) is 18.4. The SMILES string of the molecule is CC[C@@H](C)c1ccccc1NC(=O)COc1cc(F)ccc1[N+](=O)[O-]. The summed E-state index contributed by atoms with van der Waals surface area (Å²) in [4.78, 5) is 22.3. The van der Waals surface area contributed by atoms with E-state index in [2.05, 4.69) is 19.2 Å². The second-order valence-corrected chi connectivity index (χ2v) is 5.60. The molecule has 2 aromatic rings. The molecule has 0 radical (unpaired) electrons. The topological polar surface area (TPSA) is 81.5 Å². The molecule has 0 spiro atoms. The summed E-state index contributed by atoms with van der Waals surface area (Å²) in [6.45, 7) is 3.65. The number of nitrogens with one attached hydrogen (secondary N) is 1. The number of para-hydroxylation sites is 1. The number of halogens is 1. The van der Waals surface area contributed by atoms with Crippen LogP contribution in [-0.4, -0.2) is 17.4 Å². The van der Waals surface area contributed by atoms with Gasteiger partial charge in [0.25, 0.3) is 5.91 Å². The van der Waals surface area contributed by atoms with Crippen LogP contribution in [0, 0.1) is 15.9 Å². The number of carbonyl (C=O) groups excluding carboxylic acids is 1. The van der Waals surface area contributed by atoms with Gasteiger partial charge in [-0.15, -0.1) is 0 Å². The van der Waals surface area contributed by atoms with Crippen molar-refractivity contribution < 1.29 is 18.8 Å². The van der Waals surface area contributed by atoms with Crippen LogP contribution in [0.25, 0.3) is 0 Å². The van der Waals surface area contributed by atoms with Gasteiger partial charge >= 0.3 is 5.69 Å². The van der Waals surface area contributed by atoms with Crippen molar-refractivity contribution in [1.29, 1.82) is 0 Å². The normalized spacial score (nSPS) is 11.6. The molecule has 0 aliphatic carbocycles. The molecule has 0 unspecified atom stereocenters. The number of hydrogen-bond donors (Lipinski definition) is 1. The van der Waals surface area contributed by atoms with Crippen LogP contribution in [0.15, 0.2) is 42.5 Å². The van der Waals surface area contributed by atoms with Gasteiger partial charge in [0.05, 0.1) is 4.92 Å². The van der Waals surface area contributed by atoms with Gasteiger partial charge in [-0.1, -0.05) is 32.0 Å². The van der Waals surface area contributed by atoms with Crippen LogP contribution in [0.4, 0.5) is 15.8 Å². The molecule has 2 aromatic carbocycles. The molecule has 1 N–H and O–H groups in total. The molecule has 7 heteroatoms. The molecular formula is C18H19FN2O4. The smallest absolute Gasteiger partial charge is 0.311 e. The molecule has 0 aromatic heterocycles. The van der Waals surface area contributed by atoms with E-state index in [-0.39, 0.29) is 11.7 Å². The van der Waals surface area contributed by atoms with Crippen molar-refractivity contribution in [3.05, 3.63) is 64.0 Å². The molecule has 2 rings (SSSR count). The van der Waals surface area contributed by atoms with Crippen LogP contribution in [0.2, 0.25) is 0 Å². The van der Waals surface area contributed by atoms with Gasteiger partial charge in [-0.05, 0) is 30.0 Å². The molecule has 25 heavy (non-hydrogen) atoms. The first-order chi connectivity index (χ1) is 11.9. The molecule has 0 aliphatic rings. The molecule has 0 fully saturated rings. The van der Waals surface area contributed by atoms with Gasteiger partial charge in [-0.2, -0.15) is 0 Å². The van der Waals surface area contributed by atoms with E-state index in [1.165, 1.54) is 0 Å². The summed E-state index contributed by atoms with van der Waals surface area (Å²) in [7, 11) is 0. The maximum absolute atomic E-state index is 13.3. The van der Waals surface area contributed by atoms with E-state index >= 15 is 0 Å². The highest BCUT2D eigenvalue weighted by atomic mass is 19.1. The van der Waals surface area contributed by atoms with Crippen LogP contribution in [-0.2, 0) is 4.79 Å². The lowest BCUT2D eigenvalue weighted by Crippen LogP contribution is -2.21. The van der Waals surface area contributed by atoms with Crippen LogP contribution >= 0.6 is 0 Å². The lowest BCUT2D eigenvalue weighted by molar-refractivity contribution is -0.385. The minimum absolute atomic E-state index is 0.265. The highest BCUT2D eigenvalue weighted by molar-refractivity contribution is 5.92. The summed E-state index contributed by atoms with van der Waals surface area (Å²) >= 11 is 0. The molecule has 0 heterocycles. The Morgan fingerprint density at radius 3 is 2.72 bits per heavy atom. The highest BCUT2D eigenvalue weighted by Crippen LogP contribution is 2.28. The molecule has 0 saturated heterocycles. The fourth-order valence-electron chi connectivity index (χ4n) is 2.34. The zero-order valence-electron chi connectivity index (χ0n) is 14.0. The van der Waals surface area contributed by atoms with Crippen molar-refractivity contribution in [2.75, 3.05) is 11.9 Å². The van der Waals surface area contributed by atoms with Gasteiger partial charge < -0.3 is 10.1 Å². The summed E-state index contributed by atoms with van der Waals surface area (Å²) in [6.07, 6.45) is 0.916. The van der Waals surface area contributed by atoms with E-state index in [4.69, 9.17) is 4.74 Å². The van der Waals surface area contributed by atoms with E-state index < -0.39 is 28.9 Å². The monoisotopic (exact) mass is 346 g/mol. The number of ether oxygens (including phenoxy) is 1. The van der Waals surface area contributed by atoms with Crippen LogP contribution in [0.3, 0.4) is 0 Å². The van der Waals surface area contributed by atoms with Gasteiger partial charge in [0, 0.05) is 17.8 Å². The largest absolute Gasteiger partial charge is 0.477 e. The molecule has 1 atom stereocenters. The Morgan fingerprint density at radius 2 is 2.04 bits per heavy atom. The number of anilines is 1. The average Bonchev–Trinajstić information content (AvgIpc) is 2.59. The third-order valence-corrected chi connectivity index (χ3v) is 3.86. The molecule has 0 aliphatic heterocycles. The summed E-state index contributed by atoms with van der Waals surface area (Å²) in [6, 6.07) is 10.3. The van der Waals surface area contributed by atoms with E-state index in [1.54, 1.807) is 12.1 Å². The fraction of sp³-hybridized carbons (Fsp3) is 0.278. The second-order valence-electron chi connectivity index (χ2n) is 5.60. The van der Waals surface area contributed by atoms with Gasteiger partial charge in [0.2, 0.25) is 5.75 Å². The van der Waals surface area contributed by atoms with Crippen LogP contribution < -0.4 is 10.1 Å². The Hall–Kier alpha value is -2.96. The molecule has 0 saturated carbocycles. The molecule has 1 amide bonds. The fourth-order valence-corrected chi connectivity index (χ4v) is 2.34. The van der Waals surface area contributed by atoms with Crippen molar-refractivity contribution in [3.63, 3.8) is 0 Å². The molecule has 6 nitrogen and oxygen atoms in total. The van der Waals surface area contributed by atoms with Crippen molar-refractivity contribution in [1.82, 2.24) is 0 Å². The van der Waals surface area contributed by atoms with Gasteiger partial charge in [0.1, 0.15) is 5.82 Å². The highest BCUT2D eigenvalue weighted by Gasteiger charge is 2.17. The number of amides is 1. The Balaban J connectivity index is 2.08. The summed E-state index contributed by atoms with van der Waals surface area (Å²) in [5.74, 6) is -1.17. The first-order valence-corrected chi connectivity index (χ1v) is 7.87. The van der Waals surface area contributed by atoms with E-state index in [0.717, 1.165) is 30.2 Å². The maximum Gasteiger partial charge on any atom is 0.311 e. The van der Waals surface area contributed by atoms with E-state index in [9.17, 15) is 19.3 Å². The Morgan fingerprint density at radius 1 is 1.32 bits per heavy atom. The Labute approximate surface area is 144 Å². The number of carbonyl (C=O) groups is 1. The maximum atomic E-state index is 13.3. The van der Waals surface area contributed by atoms with E-state index in [0.29, 0.717) is 5.69 Å². The summed E-state index contributed by atoms with van der Waals surface area (Å²) < 4.78 is 18.4. The van der Waals surface area contributed by atoms with Crippen molar-refractivity contribution in [3.8, 4) is 5.75 Å². The lowest BCUT2D eigenvalue weighted by atomic mass is 9.97. The summed E-state index contributed by atoms with van der Waals surface area (Å²) in [5, 5.41) is 13.7. The number of hydrogen-bond acceptors (Lipinski definition) is 4. The molecule has 132 valence electrons. The zero-order chi connectivity index (χ0) is 18.4. The number of rotatable bonds is 7. The van der Waals surface area contributed by atoms with Gasteiger partial charge in [0.15, 0.2) is 6.61 Å². The predicted octanol–water partition coefficient (Wildman–Crippen LogP) is 4.26. The Bertz CT molecular complexity index is 779. The lowest BCUT2D eigenvalue weighted by Gasteiger charge is -2.15. The van der Waals surface area contributed by atoms with Crippen LogP contribution in [0.5, 0.6) is 5.75 Å². The van der Waals surface area contributed by atoms with Crippen molar-refractivity contribution in [2.45, 2.75) is 26.2 Å². The standard InChI is InChI=1S/C18H19FN2O4/c1-3-12(2)14-6-4-5-7-15(14)20-18(22)11-25-17-10-13(19)8-9-16(17)21(23)24/h4-10,12H,3,11H2,1-2H3,(H,20,22)/t12-/m1/s1. The average molecular weight is 346 g/mol. The van der Waals surface area contributed by atoms with Crippen molar-refractivity contribution in [2.24, 2.45) is 0 Å². The molecule has 0 bridgehead atoms. The number of benzene rings is 2. The first-order valence-electron chi connectivity index (χ1n) is 7.87. The van der Waals surface area contributed by atoms with E-state index in [1.807, 2.05) is 12.1 Å². The Kier molecular flexibility index (Phi) is 6.05. The van der Waals surface area contributed by atoms with Crippen LogP contribution in [0.1, 0.15) is 31.7 Å². The predicted molar refractivity (Wildman–Crippen MR) is 92.3 cm³/mol. The zero-order valence-corrected chi connectivity index (χ0v) is 14.0. The summed E-state index contributed by atoms with van der Waals surface area (Å²) in [5.41, 5.74) is 1.27.